The van der Waals surface area contributed by atoms with Crippen LogP contribution in [0.1, 0.15) is 40.2 Å². The minimum absolute atomic E-state index is 0.0170. The van der Waals surface area contributed by atoms with E-state index in [1.165, 1.54) is 37.3 Å². The molecule has 1 aliphatic rings. The van der Waals surface area contributed by atoms with E-state index in [1.807, 2.05) is 12.1 Å². The van der Waals surface area contributed by atoms with Crippen LogP contribution in [-0.2, 0) is 0 Å². The molecule has 0 radical (unpaired) electrons. The van der Waals surface area contributed by atoms with E-state index in [1.54, 1.807) is 0 Å². The van der Waals surface area contributed by atoms with Gasteiger partial charge in [0.15, 0.2) is 0 Å². The van der Waals surface area contributed by atoms with E-state index < -0.39 is 0 Å². The Morgan fingerprint density at radius 1 is 1.38 bits per heavy atom. The van der Waals surface area contributed by atoms with Gasteiger partial charge in [0.25, 0.3) is 5.91 Å². The van der Waals surface area contributed by atoms with Crippen LogP contribution < -0.4 is 5.32 Å². The third-order valence-corrected chi connectivity index (χ3v) is 4.41. The van der Waals surface area contributed by atoms with Crippen LogP contribution in [0.3, 0.4) is 0 Å². The Morgan fingerprint density at radius 3 is 2.95 bits per heavy atom. The number of amides is 1. The number of carbonyl (C=O) groups is 1. The lowest BCUT2D eigenvalue weighted by Crippen LogP contribution is -2.28. The Balaban J connectivity index is 1.69. The SMILES string of the molecule is O=C(NCCCN1CCCC1)c1ccc(C#CCCO)s1. The summed E-state index contributed by atoms with van der Waals surface area (Å²) < 4.78 is 0. The maximum atomic E-state index is 12.0. The number of nitrogens with one attached hydrogen (secondary N) is 1. The van der Waals surface area contributed by atoms with E-state index in [4.69, 9.17) is 5.11 Å². The van der Waals surface area contributed by atoms with E-state index in [0.29, 0.717) is 11.3 Å². The summed E-state index contributed by atoms with van der Waals surface area (Å²) in [5, 5.41) is 11.6. The van der Waals surface area contributed by atoms with Crippen molar-refractivity contribution in [2.24, 2.45) is 0 Å². The van der Waals surface area contributed by atoms with Gasteiger partial charge < -0.3 is 15.3 Å². The highest BCUT2D eigenvalue weighted by Gasteiger charge is 2.11. The third kappa shape index (κ3) is 5.50. The number of aliphatic hydroxyl groups excluding tert-OH is 1. The highest BCUT2D eigenvalue weighted by molar-refractivity contribution is 7.14. The first-order valence-electron chi connectivity index (χ1n) is 7.50. The van der Waals surface area contributed by atoms with E-state index in [0.717, 1.165) is 24.4 Å². The molecule has 0 aromatic carbocycles. The fourth-order valence-electron chi connectivity index (χ4n) is 2.33. The lowest BCUT2D eigenvalue weighted by Gasteiger charge is -2.14. The smallest absolute Gasteiger partial charge is 0.261 e. The van der Waals surface area contributed by atoms with Gasteiger partial charge in [-0.25, -0.2) is 0 Å². The van der Waals surface area contributed by atoms with Gasteiger partial charge in [0.1, 0.15) is 0 Å². The minimum Gasteiger partial charge on any atom is -0.395 e. The lowest BCUT2D eigenvalue weighted by atomic mass is 10.3. The Kier molecular flexibility index (Phi) is 6.74. The lowest BCUT2D eigenvalue weighted by molar-refractivity contribution is 0.0956. The van der Waals surface area contributed by atoms with Gasteiger partial charge in [-0.15, -0.1) is 11.3 Å². The molecule has 1 aromatic heterocycles. The second kappa shape index (κ2) is 8.83. The van der Waals surface area contributed by atoms with Gasteiger partial charge in [0.2, 0.25) is 0 Å². The van der Waals surface area contributed by atoms with Crippen LogP contribution in [0.15, 0.2) is 12.1 Å². The molecule has 0 unspecified atom stereocenters. The highest BCUT2D eigenvalue weighted by atomic mass is 32.1. The number of likely N-dealkylation sites (tertiary alicyclic amines) is 1. The Hall–Kier alpha value is -1.35. The summed E-state index contributed by atoms with van der Waals surface area (Å²) in [5.41, 5.74) is 0. The van der Waals surface area contributed by atoms with Gasteiger partial charge >= 0.3 is 0 Å². The fraction of sp³-hybridized carbons (Fsp3) is 0.562. The predicted molar refractivity (Wildman–Crippen MR) is 85.5 cm³/mol. The molecule has 114 valence electrons. The molecule has 2 rings (SSSR count). The topological polar surface area (TPSA) is 52.6 Å². The normalized spacial score (nSPS) is 14.7. The molecule has 0 bridgehead atoms. The third-order valence-electron chi connectivity index (χ3n) is 3.41. The number of carbonyl (C=O) groups excluding carboxylic acids is 1. The van der Waals surface area contributed by atoms with Crippen molar-refractivity contribution in [1.29, 1.82) is 0 Å². The van der Waals surface area contributed by atoms with Crippen LogP contribution in [-0.4, -0.2) is 48.7 Å². The van der Waals surface area contributed by atoms with Crippen molar-refractivity contribution in [3.8, 4) is 11.8 Å². The standard InChI is InChI=1S/C16H22N2O2S/c19-13-4-1-6-14-7-8-15(21-14)16(20)17-9-5-12-18-10-2-3-11-18/h7-8,19H,2-5,9-13H2,(H,17,20). The molecule has 4 nitrogen and oxygen atoms in total. The average molecular weight is 306 g/mol. The molecule has 21 heavy (non-hydrogen) atoms. The number of hydrogen-bond acceptors (Lipinski definition) is 4. The number of aliphatic hydroxyl groups is 1. The number of nitrogens with zero attached hydrogens (tertiary/aromatic N) is 1. The molecule has 5 heteroatoms. The van der Waals surface area contributed by atoms with Crippen LogP contribution >= 0.6 is 11.3 Å². The first-order chi connectivity index (χ1) is 10.3. The fourth-order valence-corrected chi connectivity index (χ4v) is 3.13. The van der Waals surface area contributed by atoms with Gasteiger partial charge in [0, 0.05) is 13.0 Å². The molecule has 0 atom stereocenters. The quantitative estimate of drug-likeness (QED) is 0.621. The Morgan fingerprint density at radius 2 is 2.19 bits per heavy atom. The average Bonchev–Trinajstić information content (AvgIpc) is 3.15. The molecule has 1 saturated heterocycles. The summed E-state index contributed by atoms with van der Waals surface area (Å²) in [6, 6.07) is 3.66. The second-order valence-corrected chi connectivity index (χ2v) is 6.18. The predicted octanol–water partition coefficient (Wildman–Crippen LogP) is 1.70. The summed E-state index contributed by atoms with van der Waals surface area (Å²) in [6.45, 7) is 4.27. The summed E-state index contributed by atoms with van der Waals surface area (Å²) in [7, 11) is 0. The molecule has 1 fully saturated rings. The molecule has 0 saturated carbocycles. The number of hydrogen-bond donors (Lipinski definition) is 2. The molecule has 2 heterocycles. The van der Waals surface area contributed by atoms with Crippen molar-refractivity contribution in [3.63, 3.8) is 0 Å². The summed E-state index contributed by atoms with van der Waals surface area (Å²) >= 11 is 1.40. The van der Waals surface area contributed by atoms with Gasteiger partial charge in [0.05, 0.1) is 16.4 Å². The zero-order valence-corrected chi connectivity index (χ0v) is 13.0. The first kappa shape index (κ1) is 16.0. The molecule has 2 N–H and O–H groups in total. The Labute approximate surface area is 130 Å². The van der Waals surface area contributed by atoms with Gasteiger partial charge in [-0.1, -0.05) is 11.8 Å². The van der Waals surface area contributed by atoms with Crippen LogP contribution in [0.25, 0.3) is 0 Å². The number of thiophene rings is 1. The van der Waals surface area contributed by atoms with Crippen LogP contribution in [0.5, 0.6) is 0 Å². The molecular weight excluding hydrogens is 284 g/mol. The number of rotatable bonds is 6. The summed E-state index contributed by atoms with van der Waals surface area (Å²) in [6.07, 6.45) is 4.08. The zero-order valence-electron chi connectivity index (χ0n) is 12.2. The van der Waals surface area contributed by atoms with Crippen LogP contribution in [0.2, 0.25) is 0 Å². The van der Waals surface area contributed by atoms with E-state index in [2.05, 4.69) is 22.1 Å². The minimum atomic E-state index is -0.0170. The van der Waals surface area contributed by atoms with E-state index >= 15 is 0 Å². The molecule has 0 spiro atoms. The zero-order chi connectivity index (χ0) is 14.9. The summed E-state index contributed by atoms with van der Waals surface area (Å²) in [4.78, 5) is 16.0. The second-order valence-electron chi connectivity index (χ2n) is 5.10. The molecular formula is C16H22N2O2S. The highest BCUT2D eigenvalue weighted by Crippen LogP contribution is 2.15. The van der Waals surface area contributed by atoms with Crippen molar-refractivity contribution in [2.75, 3.05) is 32.8 Å². The van der Waals surface area contributed by atoms with Crippen molar-refractivity contribution in [2.45, 2.75) is 25.7 Å². The summed E-state index contributed by atoms with van der Waals surface area (Å²) in [5.74, 6) is 5.79. The van der Waals surface area contributed by atoms with Crippen molar-refractivity contribution in [3.05, 3.63) is 21.9 Å². The van der Waals surface area contributed by atoms with Crippen molar-refractivity contribution >= 4 is 17.2 Å². The van der Waals surface area contributed by atoms with Gasteiger partial charge in [-0.05, 0) is 51.0 Å². The molecule has 1 aliphatic heterocycles. The van der Waals surface area contributed by atoms with Crippen molar-refractivity contribution in [1.82, 2.24) is 10.2 Å². The van der Waals surface area contributed by atoms with Gasteiger partial charge in [-0.2, -0.15) is 0 Å². The van der Waals surface area contributed by atoms with E-state index in [-0.39, 0.29) is 12.5 Å². The molecule has 1 aromatic rings. The first-order valence-corrected chi connectivity index (χ1v) is 8.31. The van der Waals surface area contributed by atoms with Crippen molar-refractivity contribution < 1.29 is 9.90 Å². The Bertz CT molecular complexity index is 510. The maximum Gasteiger partial charge on any atom is 0.261 e. The van der Waals surface area contributed by atoms with Crippen LogP contribution in [0.4, 0.5) is 0 Å². The monoisotopic (exact) mass is 306 g/mol. The van der Waals surface area contributed by atoms with Crippen LogP contribution in [0, 0.1) is 11.8 Å². The molecule has 1 amide bonds. The van der Waals surface area contributed by atoms with Gasteiger partial charge in [-0.3, -0.25) is 4.79 Å². The largest absolute Gasteiger partial charge is 0.395 e. The molecule has 0 aliphatic carbocycles. The van der Waals surface area contributed by atoms with E-state index in [9.17, 15) is 4.79 Å². The maximum absolute atomic E-state index is 12.0.